The molecule has 0 atom stereocenters. The Morgan fingerprint density at radius 1 is 1.18 bits per heavy atom. The second kappa shape index (κ2) is 9.17. The molecule has 2 fully saturated rings. The third kappa shape index (κ3) is 4.53. The Labute approximate surface area is 192 Å². The minimum Gasteiger partial charge on any atom is -0.368 e. The fourth-order valence-electron chi connectivity index (χ4n) is 4.37. The summed E-state index contributed by atoms with van der Waals surface area (Å²) < 4.78 is 1.73. The number of fused-ring (bicyclic) bond motifs is 1. The topological polar surface area (TPSA) is 102 Å². The van der Waals surface area contributed by atoms with E-state index in [0.29, 0.717) is 29.6 Å². The molecule has 0 saturated carbocycles. The molecule has 4 heterocycles. The third-order valence-corrected chi connectivity index (χ3v) is 6.57. The third-order valence-electron chi connectivity index (χ3n) is 6.57. The summed E-state index contributed by atoms with van der Waals surface area (Å²) in [5.41, 5.74) is 2.89. The van der Waals surface area contributed by atoms with E-state index in [1.54, 1.807) is 22.9 Å². The van der Waals surface area contributed by atoms with Crippen molar-refractivity contribution in [3.63, 3.8) is 0 Å². The van der Waals surface area contributed by atoms with Gasteiger partial charge in [-0.25, -0.2) is 4.98 Å². The molecule has 2 N–H and O–H groups in total. The largest absolute Gasteiger partial charge is 0.368 e. The van der Waals surface area contributed by atoms with E-state index in [-0.39, 0.29) is 5.56 Å². The Balaban J connectivity index is 1.39. The van der Waals surface area contributed by atoms with Gasteiger partial charge in [0.2, 0.25) is 5.95 Å². The Morgan fingerprint density at radius 2 is 2.00 bits per heavy atom. The van der Waals surface area contributed by atoms with Crippen LogP contribution in [0, 0.1) is 17.2 Å². The van der Waals surface area contributed by atoms with Crippen molar-refractivity contribution in [2.24, 2.45) is 5.92 Å². The van der Waals surface area contributed by atoms with Crippen LogP contribution in [-0.4, -0.2) is 65.8 Å². The molecule has 9 nitrogen and oxygen atoms in total. The highest BCUT2D eigenvalue weighted by molar-refractivity contribution is 5.76. The average molecular weight is 445 g/mol. The van der Waals surface area contributed by atoms with Gasteiger partial charge in [0.15, 0.2) is 0 Å². The van der Waals surface area contributed by atoms with Crippen LogP contribution in [0.4, 0.5) is 17.3 Å². The van der Waals surface area contributed by atoms with Crippen LogP contribution in [0.1, 0.15) is 12.0 Å². The quantitative estimate of drug-likeness (QED) is 0.593. The maximum Gasteiger partial charge on any atom is 0.252 e. The molecule has 2 saturated heterocycles. The molecule has 0 aliphatic carbocycles. The van der Waals surface area contributed by atoms with E-state index in [1.165, 1.54) is 0 Å². The predicted molar refractivity (Wildman–Crippen MR) is 129 cm³/mol. The summed E-state index contributed by atoms with van der Waals surface area (Å²) in [7, 11) is 2.11. The molecule has 0 radical (unpaired) electrons. The minimum atomic E-state index is -0.0530. The van der Waals surface area contributed by atoms with Gasteiger partial charge in [-0.3, -0.25) is 9.36 Å². The maximum absolute atomic E-state index is 12.5. The van der Waals surface area contributed by atoms with Crippen LogP contribution < -0.4 is 21.1 Å². The van der Waals surface area contributed by atoms with Gasteiger partial charge in [0.05, 0.1) is 11.3 Å². The molecule has 2 aliphatic rings. The Kier molecular flexibility index (Phi) is 5.94. The standard InChI is InChI=1S/C24H28N8O/c1-30-8-10-31(11-9-30)21-4-3-20(12-19(21)13-25)28-24-27-16-18-2-5-22(33)32(23(18)29-24)7-6-17-14-26-15-17/h2-5,12,16-17,26H,6-11,14-15H2,1H3,(H,27,28,29). The zero-order valence-electron chi connectivity index (χ0n) is 18.8. The second-order valence-corrected chi connectivity index (χ2v) is 8.87. The van der Waals surface area contributed by atoms with Crippen LogP contribution in [0.2, 0.25) is 0 Å². The number of aromatic nitrogens is 3. The van der Waals surface area contributed by atoms with Gasteiger partial charge < -0.3 is 20.4 Å². The summed E-state index contributed by atoms with van der Waals surface area (Å²) in [6.07, 6.45) is 2.67. The van der Waals surface area contributed by atoms with Crippen LogP contribution in [-0.2, 0) is 6.54 Å². The number of anilines is 3. The molecule has 170 valence electrons. The number of nitrogens with one attached hydrogen (secondary N) is 2. The van der Waals surface area contributed by atoms with Crippen LogP contribution in [0.15, 0.2) is 41.3 Å². The number of piperazine rings is 1. The van der Waals surface area contributed by atoms with Gasteiger partial charge in [-0.1, -0.05) is 0 Å². The van der Waals surface area contributed by atoms with Gasteiger partial charge in [0.25, 0.3) is 5.56 Å². The summed E-state index contributed by atoms with van der Waals surface area (Å²) in [4.78, 5) is 26.2. The van der Waals surface area contributed by atoms with Crippen LogP contribution in [0.25, 0.3) is 11.0 Å². The molecule has 33 heavy (non-hydrogen) atoms. The molecule has 2 aliphatic heterocycles. The van der Waals surface area contributed by atoms with Crippen molar-refractivity contribution >= 4 is 28.4 Å². The highest BCUT2D eigenvalue weighted by Gasteiger charge is 2.19. The van der Waals surface area contributed by atoms with E-state index >= 15 is 0 Å². The van der Waals surface area contributed by atoms with E-state index in [9.17, 15) is 10.1 Å². The van der Waals surface area contributed by atoms with Crippen LogP contribution >= 0.6 is 0 Å². The van der Waals surface area contributed by atoms with Crippen molar-refractivity contribution in [3.8, 4) is 6.07 Å². The van der Waals surface area contributed by atoms with Crippen molar-refractivity contribution in [2.75, 3.05) is 56.5 Å². The molecule has 2 aromatic heterocycles. The number of hydrogen-bond acceptors (Lipinski definition) is 8. The molecule has 1 aromatic carbocycles. The number of nitriles is 1. The van der Waals surface area contributed by atoms with Crippen molar-refractivity contribution in [2.45, 2.75) is 13.0 Å². The molecular formula is C24H28N8O. The first-order valence-corrected chi connectivity index (χ1v) is 11.4. The lowest BCUT2D eigenvalue weighted by atomic mass is 9.99. The summed E-state index contributed by atoms with van der Waals surface area (Å²) in [6.45, 7) is 6.42. The fourth-order valence-corrected chi connectivity index (χ4v) is 4.37. The van der Waals surface area contributed by atoms with Crippen molar-refractivity contribution < 1.29 is 0 Å². The van der Waals surface area contributed by atoms with Gasteiger partial charge in [0.1, 0.15) is 11.7 Å². The van der Waals surface area contributed by atoms with Gasteiger partial charge in [-0.2, -0.15) is 10.2 Å². The highest BCUT2D eigenvalue weighted by atomic mass is 16.1. The number of nitrogens with zero attached hydrogens (tertiary/aromatic N) is 6. The van der Waals surface area contributed by atoms with Gasteiger partial charge in [-0.15, -0.1) is 0 Å². The highest BCUT2D eigenvalue weighted by Crippen LogP contribution is 2.26. The summed E-state index contributed by atoms with van der Waals surface area (Å²) >= 11 is 0. The van der Waals surface area contributed by atoms with Gasteiger partial charge in [0, 0.05) is 56.1 Å². The predicted octanol–water partition coefficient (Wildman–Crippen LogP) is 1.77. The molecule has 0 spiro atoms. The Morgan fingerprint density at radius 3 is 2.73 bits per heavy atom. The van der Waals surface area contributed by atoms with E-state index < -0.39 is 0 Å². The van der Waals surface area contributed by atoms with Crippen molar-refractivity contribution in [3.05, 3.63) is 52.4 Å². The molecule has 3 aromatic rings. The summed E-state index contributed by atoms with van der Waals surface area (Å²) in [5, 5.41) is 17.1. The van der Waals surface area contributed by atoms with Crippen LogP contribution in [0.3, 0.4) is 0 Å². The first-order valence-electron chi connectivity index (χ1n) is 11.4. The number of hydrogen-bond donors (Lipinski definition) is 2. The Bertz CT molecular complexity index is 1250. The minimum absolute atomic E-state index is 0.0530. The molecule has 0 bridgehead atoms. The van der Waals surface area contributed by atoms with E-state index in [0.717, 1.165) is 62.5 Å². The van der Waals surface area contributed by atoms with Crippen molar-refractivity contribution in [1.29, 1.82) is 5.26 Å². The SMILES string of the molecule is CN1CCN(c2ccc(Nc3ncc4ccc(=O)n(CCC5CNC5)c4n3)cc2C#N)CC1. The average Bonchev–Trinajstić information content (AvgIpc) is 2.80. The normalized spacial score (nSPS) is 17.0. The van der Waals surface area contributed by atoms with Gasteiger partial charge in [-0.05, 0) is 56.7 Å². The molecule has 9 heteroatoms. The Hall–Kier alpha value is -3.48. The summed E-state index contributed by atoms with van der Waals surface area (Å²) in [5.74, 6) is 1.01. The lowest BCUT2D eigenvalue weighted by Crippen LogP contribution is -2.44. The number of benzene rings is 1. The monoisotopic (exact) mass is 444 g/mol. The number of likely N-dealkylation sites (N-methyl/N-ethyl adjacent to an activating group) is 1. The lowest BCUT2D eigenvalue weighted by molar-refractivity contribution is 0.312. The van der Waals surface area contributed by atoms with E-state index in [2.05, 4.69) is 43.5 Å². The van der Waals surface area contributed by atoms with E-state index in [4.69, 9.17) is 0 Å². The number of rotatable bonds is 6. The first kappa shape index (κ1) is 21.4. The van der Waals surface area contributed by atoms with Crippen molar-refractivity contribution in [1.82, 2.24) is 24.8 Å². The number of aryl methyl sites for hydroxylation is 1. The maximum atomic E-state index is 12.5. The van der Waals surface area contributed by atoms with Crippen LogP contribution in [0.5, 0.6) is 0 Å². The van der Waals surface area contributed by atoms with E-state index in [1.807, 2.05) is 18.2 Å². The first-order chi connectivity index (χ1) is 16.1. The van der Waals surface area contributed by atoms with Gasteiger partial charge >= 0.3 is 0 Å². The molecular weight excluding hydrogens is 416 g/mol. The number of pyridine rings is 1. The second-order valence-electron chi connectivity index (χ2n) is 8.87. The summed E-state index contributed by atoms with van der Waals surface area (Å²) in [6, 6.07) is 11.4. The fraction of sp³-hybridized carbons (Fsp3) is 0.417. The lowest BCUT2D eigenvalue weighted by Gasteiger charge is -2.34. The zero-order chi connectivity index (χ0) is 22.8. The molecule has 0 unspecified atom stereocenters. The zero-order valence-corrected chi connectivity index (χ0v) is 18.8. The molecule has 0 amide bonds. The smallest absolute Gasteiger partial charge is 0.252 e. The molecule has 5 rings (SSSR count).